The molecule has 4 nitrogen and oxygen atoms in total. The lowest BCUT2D eigenvalue weighted by atomic mass is 10.1. The Morgan fingerprint density at radius 3 is 2.50 bits per heavy atom. The van der Waals surface area contributed by atoms with Crippen LogP contribution in [0, 0.1) is 0 Å². The van der Waals surface area contributed by atoms with Crippen LogP contribution in [-0.2, 0) is 9.53 Å². The standard InChI is InChI=1S/C10H20N2O2/c1-6-10(14-5)9(7-12(3)4)11-8(2)13/h6,9-10H,1,7H2,2-5H3,(H,11,13)/t9-,10+/m0/s1. The third-order valence-electron chi connectivity index (χ3n) is 1.85. The fourth-order valence-electron chi connectivity index (χ4n) is 1.31. The number of nitrogens with one attached hydrogen (secondary N) is 1. The summed E-state index contributed by atoms with van der Waals surface area (Å²) in [4.78, 5) is 12.9. The quantitative estimate of drug-likeness (QED) is 0.625. The predicted octanol–water partition coefficient (Wildman–Crippen LogP) is 0.254. The molecule has 0 saturated carbocycles. The predicted molar refractivity (Wildman–Crippen MR) is 57.2 cm³/mol. The van der Waals surface area contributed by atoms with Gasteiger partial charge < -0.3 is 15.0 Å². The van der Waals surface area contributed by atoms with Gasteiger partial charge in [-0.3, -0.25) is 4.79 Å². The van der Waals surface area contributed by atoms with E-state index in [4.69, 9.17) is 4.74 Å². The van der Waals surface area contributed by atoms with E-state index in [9.17, 15) is 4.79 Å². The average molecular weight is 200 g/mol. The average Bonchev–Trinajstić information content (AvgIpc) is 2.03. The minimum Gasteiger partial charge on any atom is -0.375 e. The summed E-state index contributed by atoms with van der Waals surface area (Å²) < 4.78 is 5.20. The van der Waals surface area contributed by atoms with E-state index in [0.717, 1.165) is 6.54 Å². The van der Waals surface area contributed by atoms with E-state index in [1.807, 2.05) is 19.0 Å². The van der Waals surface area contributed by atoms with Crippen molar-refractivity contribution in [2.45, 2.75) is 19.1 Å². The van der Waals surface area contributed by atoms with Crippen molar-refractivity contribution in [1.29, 1.82) is 0 Å². The van der Waals surface area contributed by atoms with Crippen LogP contribution in [0.2, 0.25) is 0 Å². The number of methoxy groups -OCH3 is 1. The highest BCUT2D eigenvalue weighted by Gasteiger charge is 2.19. The van der Waals surface area contributed by atoms with Crippen LogP contribution in [0.4, 0.5) is 0 Å². The molecule has 82 valence electrons. The summed E-state index contributed by atoms with van der Waals surface area (Å²) >= 11 is 0. The zero-order valence-corrected chi connectivity index (χ0v) is 9.41. The van der Waals surface area contributed by atoms with Gasteiger partial charge in [0.15, 0.2) is 0 Å². The maximum atomic E-state index is 11.0. The number of ether oxygens (including phenoxy) is 1. The second kappa shape index (κ2) is 6.56. The SMILES string of the molecule is C=C[C@@H](OC)[C@H](CN(C)C)NC(C)=O. The van der Waals surface area contributed by atoms with E-state index in [2.05, 4.69) is 11.9 Å². The monoisotopic (exact) mass is 200 g/mol. The Balaban J connectivity index is 4.35. The van der Waals surface area contributed by atoms with Gasteiger partial charge in [0, 0.05) is 20.6 Å². The van der Waals surface area contributed by atoms with Gasteiger partial charge in [-0.2, -0.15) is 0 Å². The smallest absolute Gasteiger partial charge is 0.217 e. The minimum absolute atomic E-state index is 0.0509. The van der Waals surface area contributed by atoms with E-state index in [1.165, 1.54) is 6.92 Å². The van der Waals surface area contributed by atoms with Crippen molar-refractivity contribution in [2.24, 2.45) is 0 Å². The molecule has 0 saturated heterocycles. The molecule has 0 heterocycles. The molecule has 0 radical (unpaired) electrons. The third kappa shape index (κ3) is 4.99. The van der Waals surface area contributed by atoms with Crippen molar-refractivity contribution in [1.82, 2.24) is 10.2 Å². The zero-order chi connectivity index (χ0) is 11.1. The molecule has 1 N–H and O–H groups in total. The number of amides is 1. The molecule has 0 spiro atoms. The first-order valence-corrected chi connectivity index (χ1v) is 4.58. The van der Waals surface area contributed by atoms with Gasteiger partial charge in [0.05, 0.1) is 12.1 Å². The molecule has 0 fully saturated rings. The van der Waals surface area contributed by atoms with E-state index in [0.29, 0.717) is 0 Å². The molecule has 0 aromatic carbocycles. The van der Waals surface area contributed by atoms with Crippen LogP contribution < -0.4 is 5.32 Å². The van der Waals surface area contributed by atoms with Crippen molar-refractivity contribution >= 4 is 5.91 Å². The molecule has 0 aromatic heterocycles. The van der Waals surface area contributed by atoms with Gasteiger partial charge in [-0.05, 0) is 14.1 Å². The minimum atomic E-state index is -0.152. The van der Waals surface area contributed by atoms with Gasteiger partial charge in [0.2, 0.25) is 5.91 Å². The molecule has 1 amide bonds. The molecule has 0 unspecified atom stereocenters. The Morgan fingerprint density at radius 1 is 1.64 bits per heavy atom. The van der Waals surface area contributed by atoms with Crippen LogP contribution in [0.5, 0.6) is 0 Å². The van der Waals surface area contributed by atoms with E-state index in [1.54, 1.807) is 13.2 Å². The lowest BCUT2D eigenvalue weighted by molar-refractivity contribution is -0.120. The molecule has 0 rings (SSSR count). The molecule has 0 aliphatic carbocycles. The first kappa shape index (κ1) is 13.1. The summed E-state index contributed by atoms with van der Waals surface area (Å²) in [5.74, 6) is -0.0549. The van der Waals surface area contributed by atoms with E-state index >= 15 is 0 Å². The fraction of sp³-hybridized carbons (Fsp3) is 0.700. The summed E-state index contributed by atoms with van der Waals surface area (Å²) in [6, 6.07) is -0.0509. The third-order valence-corrected chi connectivity index (χ3v) is 1.85. The number of carbonyl (C=O) groups excluding carboxylic acids is 1. The van der Waals surface area contributed by atoms with Gasteiger partial charge in [-0.15, -0.1) is 6.58 Å². The van der Waals surface area contributed by atoms with E-state index in [-0.39, 0.29) is 18.1 Å². The number of carbonyl (C=O) groups is 1. The second-order valence-corrected chi connectivity index (χ2v) is 3.51. The lowest BCUT2D eigenvalue weighted by Gasteiger charge is -2.26. The fourth-order valence-corrected chi connectivity index (χ4v) is 1.31. The molecule has 0 aliphatic heterocycles. The van der Waals surface area contributed by atoms with Crippen molar-refractivity contribution in [3.8, 4) is 0 Å². The number of hydrogen-bond donors (Lipinski definition) is 1. The number of nitrogens with zero attached hydrogens (tertiary/aromatic N) is 1. The summed E-state index contributed by atoms with van der Waals surface area (Å²) in [6.45, 7) is 5.90. The number of hydrogen-bond acceptors (Lipinski definition) is 3. The second-order valence-electron chi connectivity index (χ2n) is 3.51. The van der Waals surface area contributed by atoms with Crippen molar-refractivity contribution in [3.05, 3.63) is 12.7 Å². The van der Waals surface area contributed by atoms with E-state index < -0.39 is 0 Å². The van der Waals surface area contributed by atoms with Crippen LogP contribution in [0.3, 0.4) is 0 Å². The highest BCUT2D eigenvalue weighted by atomic mass is 16.5. The molecule has 0 aliphatic rings. The van der Waals surface area contributed by atoms with Gasteiger partial charge in [0.25, 0.3) is 0 Å². The van der Waals surface area contributed by atoms with Crippen molar-refractivity contribution in [3.63, 3.8) is 0 Å². The molecular weight excluding hydrogens is 180 g/mol. The van der Waals surface area contributed by atoms with Crippen LogP contribution in [0.15, 0.2) is 12.7 Å². The Bertz CT molecular complexity index is 193. The maximum Gasteiger partial charge on any atom is 0.217 e. The molecule has 0 aromatic rings. The normalized spacial score (nSPS) is 14.9. The van der Waals surface area contributed by atoms with Gasteiger partial charge in [-0.25, -0.2) is 0 Å². The van der Waals surface area contributed by atoms with Gasteiger partial charge >= 0.3 is 0 Å². The molecule has 0 bridgehead atoms. The van der Waals surface area contributed by atoms with Crippen LogP contribution in [-0.4, -0.2) is 50.7 Å². The highest BCUT2D eigenvalue weighted by molar-refractivity contribution is 5.73. The summed E-state index contributed by atoms with van der Waals surface area (Å²) in [5, 5.41) is 2.84. The largest absolute Gasteiger partial charge is 0.375 e. The first-order chi connectivity index (χ1) is 6.51. The Morgan fingerprint density at radius 2 is 2.21 bits per heavy atom. The molecule has 2 atom stereocenters. The van der Waals surface area contributed by atoms with Crippen molar-refractivity contribution < 1.29 is 9.53 Å². The Labute approximate surface area is 85.9 Å². The molecule has 14 heavy (non-hydrogen) atoms. The Hall–Kier alpha value is -0.870. The topological polar surface area (TPSA) is 41.6 Å². The summed E-state index contributed by atoms with van der Waals surface area (Å²) in [5.41, 5.74) is 0. The number of likely N-dealkylation sites (N-methyl/N-ethyl adjacent to an activating group) is 1. The highest BCUT2D eigenvalue weighted by Crippen LogP contribution is 2.01. The Kier molecular flexibility index (Phi) is 6.16. The van der Waals surface area contributed by atoms with Crippen LogP contribution in [0.25, 0.3) is 0 Å². The summed E-state index contributed by atoms with van der Waals surface area (Å²) in [6.07, 6.45) is 1.55. The molecule has 4 heteroatoms. The van der Waals surface area contributed by atoms with Crippen LogP contribution >= 0.6 is 0 Å². The van der Waals surface area contributed by atoms with Crippen LogP contribution in [0.1, 0.15) is 6.92 Å². The lowest BCUT2D eigenvalue weighted by Crippen LogP contribution is -2.48. The van der Waals surface area contributed by atoms with Gasteiger partial charge in [-0.1, -0.05) is 6.08 Å². The zero-order valence-electron chi connectivity index (χ0n) is 9.41. The number of rotatable bonds is 6. The first-order valence-electron chi connectivity index (χ1n) is 4.58. The summed E-state index contributed by atoms with van der Waals surface area (Å²) in [7, 11) is 5.51. The molecular formula is C10H20N2O2. The van der Waals surface area contributed by atoms with Crippen molar-refractivity contribution in [2.75, 3.05) is 27.7 Å². The maximum absolute atomic E-state index is 11.0. The van der Waals surface area contributed by atoms with Gasteiger partial charge in [0.1, 0.15) is 0 Å².